The zero-order chi connectivity index (χ0) is 20.2. The minimum Gasteiger partial charge on any atom is -0.331 e. The summed E-state index contributed by atoms with van der Waals surface area (Å²) in [5, 5.41) is 8.91. The number of anilines is 3. The summed E-state index contributed by atoms with van der Waals surface area (Å²) >= 11 is 7.49. The molecule has 0 fully saturated rings. The molecule has 0 radical (unpaired) electrons. The van der Waals surface area contributed by atoms with Gasteiger partial charge in [-0.1, -0.05) is 41.9 Å². The molecular weight excluding hydrogens is 409 g/mol. The Morgan fingerprint density at radius 1 is 0.966 bits per heavy atom. The van der Waals surface area contributed by atoms with Gasteiger partial charge in [0.2, 0.25) is 0 Å². The zero-order valence-corrected chi connectivity index (χ0v) is 16.6. The molecule has 7 heteroatoms. The number of carbonyl (C=O) groups excluding carboxylic acids is 1. The van der Waals surface area contributed by atoms with Crippen molar-refractivity contribution in [1.29, 1.82) is 0 Å². The summed E-state index contributed by atoms with van der Waals surface area (Å²) < 4.78 is 13.3. The topological polar surface area (TPSA) is 54.0 Å². The van der Waals surface area contributed by atoms with Crippen LogP contribution in [0.15, 0.2) is 78.2 Å². The van der Waals surface area contributed by atoms with Crippen molar-refractivity contribution in [2.75, 3.05) is 10.6 Å². The molecule has 0 saturated heterocycles. The SMILES string of the molecule is O=C(Nc1ccc(-c2csc(Nc3cccc(F)c3)n2)cc1)c1ccccc1Cl. The van der Waals surface area contributed by atoms with Crippen molar-refractivity contribution in [3.63, 3.8) is 0 Å². The lowest BCUT2D eigenvalue weighted by Crippen LogP contribution is -2.12. The van der Waals surface area contributed by atoms with Gasteiger partial charge < -0.3 is 10.6 Å². The number of aromatic nitrogens is 1. The van der Waals surface area contributed by atoms with Gasteiger partial charge in [0.25, 0.3) is 5.91 Å². The van der Waals surface area contributed by atoms with Crippen molar-refractivity contribution in [1.82, 2.24) is 4.98 Å². The molecule has 0 unspecified atom stereocenters. The highest BCUT2D eigenvalue weighted by molar-refractivity contribution is 7.14. The van der Waals surface area contributed by atoms with Crippen LogP contribution < -0.4 is 10.6 Å². The first kappa shape index (κ1) is 19.1. The Morgan fingerprint density at radius 3 is 2.52 bits per heavy atom. The molecule has 1 amide bonds. The first-order valence-electron chi connectivity index (χ1n) is 8.73. The molecule has 0 bridgehead atoms. The number of nitrogens with one attached hydrogen (secondary N) is 2. The summed E-state index contributed by atoms with van der Waals surface area (Å²) in [4.78, 5) is 16.9. The van der Waals surface area contributed by atoms with E-state index in [1.165, 1.54) is 23.5 Å². The predicted molar refractivity (Wildman–Crippen MR) is 117 cm³/mol. The normalized spacial score (nSPS) is 10.6. The largest absolute Gasteiger partial charge is 0.331 e. The Hall–Kier alpha value is -3.22. The second-order valence-corrected chi connectivity index (χ2v) is 7.45. The maximum Gasteiger partial charge on any atom is 0.257 e. The third-order valence-corrected chi connectivity index (χ3v) is 5.22. The highest BCUT2D eigenvalue weighted by atomic mass is 35.5. The number of benzene rings is 3. The summed E-state index contributed by atoms with van der Waals surface area (Å²) in [5.41, 5.74) is 3.42. The fourth-order valence-electron chi connectivity index (χ4n) is 2.72. The number of halogens is 2. The number of hydrogen-bond donors (Lipinski definition) is 2. The van der Waals surface area contributed by atoms with Gasteiger partial charge in [0.15, 0.2) is 5.13 Å². The van der Waals surface area contributed by atoms with E-state index in [-0.39, 0.29) is 11.7 Å². The van der Waals surface area contributed by atoms with Crippen LogP contribution in [-0.4, -0.2) is 10.9 Å². The molecular formula is C22H15ClFN3OS. The van der Waals surface area contributed by atoms with Crippen LogP contribution in [0.25, 0.3) is 11.3 Å². The summed E-state index contributed by atoms with van der Waals surface area (Å²) in [5.74, 6) is -0.570. The predicted octanol–water partition coefficient (Wildman–Crippen LogP) is 6.60. The van der Waals surface area contributed by atoms with Gasteiger partial charge in [-0.05, 0) is 42.5 Å². The molecule has 29 heavy (non-hydrogen) atoms. The molecule has 0 atom stereocenters. The Labute approximate surface area is 176 Å². The van der Waals surface area contributed by atoms with Crippen LogP contribution in [0, 0.1) is 5.82 Å². The first-order valence-corrected chi connectivity index (χ1v) is 9.99. The van der Waals surface area contributed by atoms with E-state index >= 15 is 0 Å². The van der Waals surface area contributed by atoms with Crippen molar-refractivity contribution >= 4 is 45.4 Å². The lowest BCUT2D eigenvalue weighted by Gasteiger charge is -2.07. The quantitative estimate of drug-likeness (QED) is 0.380. The summed E-state index contributed by atoms with van der Waals surface area (Å²) in [6, 6.07) is 20.5. The number of rotatable bonds is 5. The average Bonchev–Trinajstić information content (AvgIpc) is 3.17. The van der Waals surface area contributed by atoms with Crippen molar-refractivity contribution in [2.24, 2.45) is 0 Å². The van der Waals surface area contributed by atoms with E-state index in [1.54, 1.807) is 36.4 Å². The van der Waals surface area contributed by atoms with E-state index in [4.69, 9.17) is 11.6 Å². The Bertz CT molecular complexity index is 1160. The maximum absolute atomic E-state index is 13.3. The van der Waals surface area contributed by atoms with Crippen LogP contribution in [0.5, 0.6) is 0 Å². The molecule has 1 aromatic heterocycles. The van der Waals surface area contributed by atoms with Crippen LogP contribution in [-0.2, 0) is 0 Å². The Kier molecular flexibility index (Phi) is 5.55. The van der Waals surface area contributed by atoms with Gasteiger partial charge >= 0.3 is 0 Å². The lowest BCUT2D eigenvalue weighted by atomic mass is 10.1. The fraction of sp³-hybridized carbons (Fsp3) is 0. The van der Waals surface area contributed by atoms with Crippen molar-refractivity contribution < 1.29 is 9.18 Å². The fourth-order valence-corrected chi connectivity index (χ4v) is 3.68. The number of hydrogen-bond acceptors (Lipinski definition) is 4. The van der Waals surface area contributed by atoms with E-state index in [9.17, 15) is 9.18 Å². The Morgan fingerprint density at radius 2 is 1.76 bits per heavy atom. The molecule has 4 rings (SSSR count). The molecule has 0 saturated carbocycles. The second-order valence-electron chi connectivity index (χ2n) is 6.18. The van der Waals surface area contributed by atoms with Crippen molar-refractivity contribution in [3.05, 3.63) is 94.6 Å². The molecule has 1 heterocycles. The molecule has 0 aliphatic carbocycles. The molecule has 4 nitrogen and oxygen atoms in total. The molecule has 0 spiro atoms. The van der Waals surface area contributed by atoms with Gasteiger partial charge in [-0.15, -0.1) is 11.3 Å². The highest BCUT2D eigenvalue weighted by Crippen LogP contribution is 2.28. The third-order valence-electron chi connectivity index (χ3n) is 4.14. The van der Waals surface area contributed by atoms with Crippen LogP contribution in [0.3, 0.4) is 0 Å². The summed E-state index contributed by atoms with van der Waals surface area (Å²) in [6.07, 6.45) is 0. The van der Waals surface area contributed by atoms with Gasteiger partial charge in [-0.2, -0.15) is 0 Å². The van der Waals surface area contributed by atoms with E-state index < -0.39 is 0 Å². The van der Waals surface area contributed by atoms with E-state index in [0.29, 0.717) is 27.1 Å². The molecule has 0 aliphatic heterocycles. The average molecular weight is 424 g/mol. The number of thiazole rings is 1. The van der Waals surface area contributed by atoms with Crippen LogP contribution >= 0.6 is 22.9 Å². The number of carbonyl (C=O) groups is 1. The molecule has 2 N–H and O–H groups in total. The molecule has 0 aliphatic rings. The van der Waals surface area contributed by atoms with Crippen molar-refractivity contribution in [3.8, 4) is 11.3 Å². The Balaban J connectivity index is 1.45. The summed E-state index contributed by atoms with van der Waals surface area (Å²) in [7, 11) is 0. The standard InChI is InChI=1S/C22H15ClFN3OS/c23-19-7-2-1-6-18(19)21(28)25-16-10-8-14(9-11-16)20-13-29-22(27-20)26-17-5-3-4-15(24)12-17/h1-13H,(H,25,28)(H,26,27). The second kappa shape index (κ2) is 8.43. The van der Waals surface area contributed by atoms with Gasteiger partial charge in [-0.3, -0.25) is 4.79 Å². The van der Waals surface area contributed by atoms with Crippen LogP contribution in [0.1, 0.15) is 10.4 Å². The number of amides is 1. The zero-order valence-electron chi connectivity index (χ0n) is 15.0. The van der Waals surface area contributed by atoms with Crippen LogP contribution in [0.2, 0.25) is 5.02 Å². The number of nitrogens with zero attached hydrogens (tertiary/aromatic N) is 1. The van der Waals surface area contributed by atoms with Gasteiger partial charge in [0.05, 0.1) is 16.3 Å². The van der Waals surface area contributed by atoms with Gasteiger partial charge in [-0.25, -0.2) is 9.37 Å². The smallest absolute Gasteiger partial charge is 0.257 e. The minimum absolute atomic E-state index is 0.265. The van der Waals surface area contributed by atoms with Crippen LogP contribution in [0.4, 0.5) is 20.9 Å². The molecule has 4 aromatic rings. The molecule has 144 valence electrons. The first-order chi connectivity index (χ1) is 14.1. The molecule has 3 aromatic carbocycles. The highest BCUT2D eigenvalue weighted by Gasteiger charge is 2.10. The van der Waals surface area contributed by atoms with E-state index in [1.807, 2.05) is 29.6 Å². The van der Waals surface area contributed by atoms with Gasteiger partial charge in [0, 0.05) is 22.3 Å². The lowest BCUT2D eigenvalue weighted by molar-refractivity contribution is 0.102. The maximum atomic E-state index is 13.3. The van der Waals surface area contributed by atoms with Crippen molar-refractivity contribution in [2.45, 2.75) is 0 Å². The third kappa shape index (κ3) is 4.62. The van der Waals surface area contributed by atoms with E-state index in [2.05, 4.69) is 15.6 Å². The monoisotopic (exact) mass is 423 g/mol. The minimum atomic E-state index is -0.304. The van der Waals surface area contributed by atoms with Gasteiger partial charge in [0.1, 0.15) is 5.82 Å². The summed E-state index contributed by atoms with van der Waals surface area (Å²) in [6.45, 7) is 0. The van der Waals surface area contributed by atoms with E-state index in [0.717, 1.165) is 11.3 Å².